The average Bonchev–Trinajstić information content (AvgIpc) is 2.18. The van der Waals surface area contributed by atoms with Crippen LogP contribution in [-0.2, 0) is 5.41 Å². The van der Waals surface area contributed by atoms with E-state index in [0.29, 0.717) is 11.4 Å². The van der Waals surface area contributed by atoms with E-state index in [1.54, 1.807) is 12.1 Å². The van der Waals surface area contributed by atoms with Crippen LogP contribution < -0.4 is 5.73 Å². The number of anilines is 1. The van der Waals surface area contributed by atoms with Crippen LogP contribution in [0.1, 0.15) is 38.4 Å². The molecule has 0 atom stereocenters. The Balaban J connectivity index is 3.32. The summed E-state index contributed by atoms with van der Waals surface area (Å²) in [5.41, 5.74) is 6.93. The normalized spacial score (nSPS) is 11.0. The van der Waals surface area contributed by atoms with Crippen molar-refractivity contribution in [1.82, 2.24) is 4.98 Å². The van der Waals surface area contributed by atoms with Crippen molar-refractivity contribution in [3.05, 3.63) is 23.4 Å². The van der Waals surface area contributed by atoms with Crippen molar-refractivity contribution in [1.29, 1.82) is 5.26 Å². The molecule has 0 aliphatic carbocycles. The first-order valence-corrected chi connectivity index (χ1v) is 4.68. The van der Waals surface area contributed by atoms with E-state index < -0.39 is 0 Å². The third kappa shape index (κ3) is 1.85. The summed E-state index contributed by atoms with van der Waals surface area (Å²) < 4.78 is 0. The number of hydrogen-bond donors (Lipinski definition) is 1. The number of pyridine rings is 1. The zero-order valence-corrected chi connectivity index (χ0v) is 8.83. The van der Waals surface area contributed by atoms with Gasteiger partial charge in [-0.25, -0.2) is 4.98 Å². The molecule has 0 unspecified atom stereocenters. The zero-order valence-electron chi connectivity index (χ0n) is 8.83. The highest BCUT2D eigenvalue weighted by Crippen LogP contribution is 2.28. The molecule has 0 aromatic carbocycles. The molecule has 0 aliphatic heterocycles. The minimum absolute atomic E-state index is 0.0968. The molecule has 1 heterocycles. The second-order valence-electron chi connectivity index (χ2n) is 3.98. The Kier molecular flexibility index (Phi) is 2.76. The van der Waals surface area contributed by atoms with Crippen LogP contribution in [0.15, 0.2) is 12.1 Å². The van der Waals surface area contributed by atoms with Gasteiger partial charge in [0.25, 0.3) is 0 Å². The monoisotopic (exact) mass is 189 g/mol. The fourth-order valence-corrected chi connectivity index (χ4v) is 1.25. The molecular formula is C11H15N3. The van der Waals surface area contributed by atoms with Crippen LogP contribution in [-0.4, -0.2) is 4.98 Å². The van der Waals surface area contributed by atoms with Crippen LogP contribution in [0.2, 0.25) is 0 Å². The SMILES string of the molecule is CCC(C)(C)c1nc(N)ccc1C#N. The average molecular weight is 189 g/mol. The summed E-state index contributed by atoms with van der Waals surface area (Å²) in [4.78, 5) is 4.24. The summed E-state index contributed by atoms with van der Waals surface area (Å²) in [5.74, 6) is 0.473. The topological polar surface area (TPSA) is 62.7 Å². The van der Waals surface area contributed by atoms with Gasteiger partial charge in [0, 0.05) is 5.41 Å². The third-order valence-electron chi connectivity index (χ3n) is 2.56. The van der Waals surface area contributed by atoms with Crippen LogP contribution in [0.3, 0.4) is 0 Å². The lowest BCUT2D eigenvalue weighted by atomic mass is 9.84. The highest BCUT2D eigenvalue weighted by molar-refractivity contribution is 5.43. The smallest absolute Gasteiger partial charge is 0.123 e. The van der Waals surface area contributed by atoms with Crippen LogP contribution in [0, 0.1) is 11.3 Å². The first kappa shape index (κ1) is 10.5. The second kappa shape index (κ2) is 3.67. The minimum Gasteiger partial charge on any atom is -0.384 e. The van der Waals surface area contributed by atoms with Gasteiger partial charge in [-0.1, -0.05) is 20.8 Å². The molecule has 0 spiro atoms. The summed E-state index contributed by atoms with van der Waals surface area (Å²) in [6, 6.07) is 5.54. The lowest BCUT2D eigenvalue weighted by Crippen LogP contribution is -2.20. The quantitative estimate of drug-likeness (QED) is 0.775. The van der Waals surface area contributed by atoms with Crippen LogP contribution in [0.25, 0.3) is 0 Å². The highest BCUT2D eigenvalue weighted by Gasteiger charge is 2.23. The van der Waals surface area contributed by atoms with Gasteiger partial charge in [0.05, 0.1) is 11.3 Å². The van der Waals surface area contributed by atoms with Gasteiger partial charge in [0.15, 0.2) is 0 Å². The van der Waals surface area contributed by atoms with Crippen molar-refractivity contribution in [3.63, 3.8) is 0 Å². The fourth-order valence-electron chi connectivity index (χ4n) is 1.25. The van der Waals surface area contributed by atoms with Crippen molar-refractivity contribution in [3.8, 4) is 6.07 Å². The number of nitrogens with zero attached hydrogens (tertiary/aromatic N) is 2. The lowest BCUT2D eigenvalue weighted by molar-refractivity contribution is 0.490. The van der Waals surface area contributed by atoms with E-state index in [1.807, 2.05) is 0 Å². The van der Waals surface area contributed by atoms with Gasteiger partial charge in [-0.15, -0.1) is 0 Å². The van der Waals surface area contributed by atoms with Gasteiger partial charge >= 0.3 is 0 Å². The second-order valence-corrected chi connectivity index (χ2v) is 3.98. The molecule has 1 aromatic heterocycles. The van der Waals surface area contributed by atoms with Gasteiger partial charge in [-0.3, -0.25) is 0 Å². The van der Waals surface area contributed by atoms with Crippen LogP contribution in [0.5, 0.6) is 0 Å². The Hall–Kier alpha value is -1.56. The molecule has 0 radical (unpaired) electrons. The van der Waals surface area contributed by atoms with Gasteiger partial charge in [0.1, 0.15) is 11.9 Å². The molecule has 2 N–H and O–H groups in total. The summed E-state index contributed by atoms with van der Waals surface area (Å²) in [5, 5.41) is 8.94. The summed E-state index contributed by atoms with van der Waals surface area (Å²) in [6.45, 7) is 6.21. The Labute approximate surface area is 84.6 Å². The molecule has 0 amide bonds. The maximum absolute atomic E-state index is 8.94. The molecule has 0 saturated carbocycles. The number of nitriles is 1. The Bertz CT molecular complexity index is 375. The number of rotatable bonds is 2. The lowest BCUT2D eigenvalue weighted by Gasteiger charge is -2.23. The maximum Gasteiger partial charge on any atom is 0.123 e. The van der Waals surface area contributed by atoms with Crippen molar-refractivity contribution < 1.29 is 0 Å². The maximum atomic E-state index is 8.94. The summed E-state index contributed by atoms with van der Waals surface area (Å²) in [7, 11) is 0. The minimum atomic E-state index is -0.0968. The molecule has 0 aliphatic rings. The van der Waals surface area contributed by atoms with Gasteiger partial charge in [-0.2, -0.15) is 5.26 Å². The number of nitrogen functional groups attached to an aromatic ring is 1. The summed E-state index contributed by atoms with van der Waals surface area (Å²) >= 11 is 0. The molecule has 1 rings (SSSR count). The highest BCUT2D eigenvalue weighted by atomic mass is 14.8. The molecule has 0 fully saturated rings. The van der Waals surface area contributed by atoms with Crippen molar-refractivity contribution in [2.75, 3.05) is 5.73 Å². The van der Waals surface area contributed by atoms with E-state index in [-0.39, 0.29) is 5.41 Å². The predicted molar refractivity (Wildman–Crippen MR) is 56.7 cm³/mol. The van der Waals surface area contributed by atoms with E-state index in [4.69, 9.17) is 11.0 Å². The first-order valence-electron chi connectivity index (χ1n) is 4.68. The molecule has 3 heteroatoms. The molecule has 0 saturated heterocycles. The molecule has 1 aromatic rings. The van der Waals surface area contributed by atoms with Crippen molar-refractivity contribution >= 4 is 5.82 Å². The molecule has 0 bridgehead atoms. The van der Waals surface area contributed by atoms with Gasteiger partial charge < -0.3 is 5.73 Å². The predicted octanol–water partition coefficient (Wildman–Crippen LogP) is 2.22. The number of hydrogen-bond acceptors (Lipinski definition) is 3. The van der Waals surface area contributed by atoms with Gasteiger partial charge in [-0.05, 0) is 18.6 Å². The number of nitrogens with two attached hydrogens (primary N) is 1. The Morgan fingerprint density at radius 2 is 2.14 bits per heavy atom. The van der Waals surface area contributed by atoms with E-state index in [1.165, 1.54) is 0 Å². The van der Waals surface area contributed by atoms with Crippen molar-refractivity contribution in [2.24, 2.45) is 0 Å². The first-order chi connectivity index (χ1) is 6.51. The van der Waals surface area contributed by atoms with Crippen LogP contribution >= 0.6 is 0 Å². The Morgan fingerprint density at radius 3 is 2.64 bits per heavy atom. The number of aromatic nitrogens is 1. The third-order valence-corrected chi connectivity index (χ3v) is 2.56. The largest absolute Gasteiger partial charge is 0.384 e. The van der Waals surface area contributed by atoms with Crippen molar-refractivity contribution in [2.45, 2.75) is 32.6 Å². The molecule has 14 heavy (non-hydrogen) atoms. The molecule has 74 valence electrons. The van der Waals surface area contributed by atoms with E-state index >= 15 is 0 Å². The molecular weight excluding hydrogens is 174 g/mol. The van der Waals surface area contributed by atoms with E-state index in [0.717, 1.165) is 12.1 Å². The zero-order chi connectivity index (χ0) is 10.8. The summed E-state index contributed by atoms with van der Waals surface area (Å²) in [6.07, 6.45) is 0.929. The van der Waals surface area contributed by atoms with Gasteiger partial charge in [0.2, 0.25) is 0 Å². The van der Waals surface area contributed by atoms with E-state index in [2.05, 4.69) is 31.8 Å². The standard InChI is InChI=1S/C11H15N3/c1-4-11(2,3)10-8(7-12)5-6-9(13)14-10/h5-6H,4H2,1-3H3,(H2,13,14). The van der Waals surface area contributed by atoms with E-state index in [9.17, 15) is 0 Å². The van der Waals surface area contributed by atoms with Crippen LogP contribution in [0.4, 0.5) is 5.82 Å². The fraction of sp³-hybridized carbons (Fsp3) is 0.455. The molecule has 3 nitrogen and oxygen atoms in total. The Morgan fingerprint density at radius 1 is 1.50 bits per heavy atom.